The molecule has 7 heteroatoms. The van der Waals surface area contributed by atoms with Crippen LogP contribution in [0.1, 0.15) is 19.8 Å². The molecular weight excluding hydrogens is 304 g/mol. The first-order valence-electron chi connectivity index (χ1n) is 8.89. The maximum Gasteiger partial charge on any atom is 0.241 e. The number of carbonyl (C=O) groups excluding carboxylic acids is 1. The molecule has 24 heavy (non-hydrogen) atoms. The summed E-state index contributed by atoms with van der Waals surface area (Å²) in [4.78, 5) is 26.8. The Morgan fingerprint density at radius 2 is 2.00 bits per heavy atom. The van der Waals surface area contributed by atoms with Crippen LogP contribution in [-0.2, 0) is 4.79 Å². The average molecular weight is 332 g/mol. The zero-order valence-electron chi connectivity index (χ0n) is 14.7. The van der Waals surface area contributed by atoms with Gasteiger partial charge in [-0.3, -0.25) is 4.79 Å². The number of hydrogen-bond acceptors (Lipinski definition) is 6. The standard InChI is InChI=1S/C17H28N6O/c1-14(11-22-5-3-4-6-22)10-18-15-9-16(20-13-19-15)23-8-7-21(2)17(24)12-23/h9,13-14H,3-8,10-12H2,1-2H3,(H,18,19,20). The van der Waals surface area contributed by atoms with Gasteiger partial charge in [0.05, 0.1) is 6.54 Å². The van der Waals surface area contributed by atoms with Crippen molar-refractivity contribution in [3.63, 3.8) is 0 Å². The second-order valence-electron chi connectivity index (χ2n) is 6.99. The molecule has 1 N–H and O–H groups in total. The monoisotopic (exact) mass is 332 g/mol. The minimum Gasteiger partial charge on any atom is -0.370 e. The summed E-state index contributed by atoms with van der Waals surface area (Å²) < 4.78 is 0. The molecule has 0 bridgehead atoms. The smallest absolute Gasteiger partial charge is 0.241 e. The third-order valence-electron chi connectivity index (χ3n) is 4.83. The van der Waals surface area contributed by atoms with Crippen LogP contribution in [-0.4, -0.2) is 78.5 Å². The van der Waals surface area contributed by atoms with E-state index in [2.05, 4.69) is 27.1 Å². The van der Waals surface area contributed by atoms with E-state index >= 15 is 0 Å². The van der Waals surface area contributed by atoms with Crippen LogP contribution >= 0.6 is 0 Å². The Kier molecular flexibility index (Phi) is 5.50. The molecule has 7 nitrogen and oxygen atoms in total. The molecule has 0 aliphatic carbocycles. The highest BCUT2D eigenvalue weighted by atomic mass is 16.2. The highest BCUT2D eigenvalue weighted by molar-refractivity contribution is 5.82. The topological polar surface area (TPSA) is 64.6 Å². The van der Waals surface area contributed by atoms with E-state index in [1.165, 1.54) is 25.9 Å². The Bertz CT molecular complexity index is 560. The largest absolute Gasteiger partial charge is 0.370 e. The number of anilines is 2. The maximum absolute atomic E-state index is 11.9. The molecule has 2 aliphatic heterocycles. The van der Waals surface area contributed by atoms with Crippen molar-refractivity contribution in [2.45, 2.75) is 19.8 Å². The molecule has 0 radical (unpaired) electrons. The van der Waals surface area contributed by atoms with Crippen molar-refractivity contribution >= 4 is 17.5 Å². The molecule has 132 valence electrons. The van der Waals surface area contributed by atoms with Gasteiger partial charge in [0.15, 0.2) is 0 Å². The molecule has 2 aliphatic rings. The second kappa shape index (κ2) is 7.79. The van der Waals surface area contributed by atoms with Crippen LogP contribution < -0.4 is 10.2 Å². The summed E-state index contributed by atoms with van der Waals surface area (Å²) in [6, 6.07) is 1.95. The third kappa shape index (κ3) is 4.35. The number of likely N-dealkylation sites (N-methyl/N-ethyl adjacent to an activating group) is 1. The molecule has 0 aromatic carbocycles. The van der Waals surface area contributed by atoms with Gasteiger partial charge in [0.2, 0.25) is 5.91 Å². The fourth-order valence-electron chi connectivity index (χ4n) is 3.32. The minimum absolute atomic E-state index is 0.133. The van der Waals surface area contributed by atoms with E-state index in [4.69, 9.17) is 0 Å². The van der Waals surface area contributed by atoms with Gasteiger partial charge in [-0.25, -0.2) is 9.97 Å². The molecule has 1 aromatic rings. The van der Waals surface area contributed by atoms with Crippen molar-refractivity contribution < 1.29 is 4.79 Å². The van der Waals surface area contributed by atoms with E-state index in [0.717, 1.165) is 37.8 Å². The van der Waals surface area contributed by atoms with Gasteiger partial charge >= 0.3 is 0 Å². The first-order valence-corrected chi connectivity index (χ1v) is 8.89. The van der Waals surface area contributed by atoms with Crippen LogP contribution in [0.4, 0.5) is 11.6 Å². The molecule has 0 spiro atoms. The summed E-state index contributed by atoms with van der Waals surface area (Å²) in [5.74, 6) is 2.36. The lowest BCUT2D eigenvalue weighted by Crippen LogP contribution is -2.48. The summed E-state index contributed by atoms with van der Waals surface area (Å²) in [6.45, 7) is 8.71. The Balaban J connectivity index is 1.52. The normalized spacial score (nSPS) is 20.5. The Hall–Kier alpha value is -1.89. The Morgan fingerprint density at radius 3 is 2.75 bits per heavy atom. The number of nitrogens with one attached hydrogen (secondary N) is 1. The molecule has 1 aromatic heterocycles. The van der Waals surface area contributed by atoms with Crippen molar-refractivity contribution in [3.8, 4) is 0 Å². The van der Waals surface area contributed by atoms with Crippen molar-refractivity contribution in [3.05, 3.63) is 12.4 Å². The molecule has 3 heterocycles. The van der Waals surface area contributed by atoms with Gasteiger partial charge in [-0.1, -0.05) is 6.92 Å². The van der Waals surface area contributed by atoms with E-state index in [0.29, 0.717) is 12.5 Å². The lowest BCUT2D eigenvalue weighted by molar-refractivity contribution is -0.129. The van der Waals surface area contributed by atoms with Gasteiger partial charge in [-0.2, -0.15) is 0 Å². The Labute approximate surface area is 144 Å². The SMILES string of the molecule is CC(CNc1cc(N2CCN(C)C(=O)C2)ncn1)CN1CCCC1. The lowest BCUT2D eigenvalue weighted by atomic mass is 10.1. The van der Waals surface area contributed by atoms with Crippen LogP contribution in [0, 0.1) is 5.92 Å². The van der Waals surface area contributed by atoms with E-state index < -0.39 is 0 Å². The van der Waals surface area contributed by atoms with Crippen molar-refractivity contribution in [2.24, 2.45) is 5.92 Å². The zero-order valence-corrected chi connectivity index (χ0v) is 14.7. The first kappa shape index (κ1) is 17.0. The summed E-state index contributed by atoms with van der Waals surface area (Å²) in [6.07, 6.45) is 4.24. The third-order valence-corrected chi connectivity index (χ3v) is 4.83. The molecular formula is C17H28N6O. The van der Waals surface area contributed by atoms with Crippen LogP contribution in [0.5, 0.6) is 0 Å². The molecule has 1 atom stereocenters. The van der Waals surface area contributed by atoms with E-state index in [-0.39, 0.29) is 5.91 Å². The van der Waals surface area contributed by atoms with Crippen LogP contribution in [0.15, 0.2) is 12.4 Å². The summed E-state index contributed by atoms with van der Waals surface area (Å²) in [7, 11) is 1.84. The number of amides is 1. The Morgan fingerprint density at radius 1 is 1.21 bits per heavy atom. The van der Waals surface area contributed by atoms with Gasteiger partial charge < -0.3 is 20.0 Å². The summed E-state index contributed by atoms with van der Waals surface area (Å²) >= 11 is 0. The van der Waals surface area contributed by atoms with Crippen LogP contribution in [0.2, 0.25) is 0 Å². The number of aromatic nitrogens is 2. The molecule has 1 amide bonds. The fourth-order valence-corrected chi connectivity index (χ4v) is 3.32. The van der Waals surface area contributed by atoms with Crippen molar-refractivity contribution in [1.82, 2.24) is 19.8 Å². The van der Waals surface area contributed by atoms with E-state index in [9.17, 15) is 4.79 Å². The van der Waals surface area contributed by atoms with Crippen LogP contribution in [0.3, 0.4) is 0 Å². The van der Waals surface area contributed by atoms with Gasteiger partial charge in [0.25, 0.3) is 0 Å². The number of hydrogen-bond donors (Lipinski definition) is 1. The number of carbonyl (C=O) groups is 1. The predicted molar refractivity (Wildman–Crippen MR) is 95.2 cm³/mol. The van der Waals surface area contributed by atoms with Crippen LogP contribution in [0.25, 0.3) is 0 Å². The number of rotatable bonds is 6. The molecule has 0 saturated carbocycles. The average Bonchev–Trinajstić information content (AvgIpc) is 3.09. The van der Waals surface area contributed by atoms with E-state index in [1.54, 1.807) is 11.2 Å². The fraction of sp³-hybridized carbons (Fsp3) is 0.706. The maximum atomic E-state index is 11.9. The van der Waals surface area contributed by atoms with Crippen molar-refractivity contribution in [2.75, 3.05) is 63.1 Å². The zero-order chi connectivity index (χ0) is 16.9. The van der Waals surface area contributed by atoms with E-state index in [1.807, 2.05) is 18.0 Å². The number of piperazine rings is 1. The van der Waals surface area contributed by atoms with Gasteiger partial charge in [-0.15, -0.1) is 0 Å². The van der Waals surface area contributed by atoms with Gasteiger partial charge in [0.1, 0.15) is 18.0 Å². The predicted octanol–water partition coefficient (Wildman–Crippen LogP) is 0.899. The van der Waals surface area contributed by atoms with Crippen molar-refractivity contribution in [1.29, 1.82) is 0 Å². The molecule has 2 fully saturated rings. The van der Waals surface area contributed by atoms with Gasteiger partial charge in [0, 0.05) is 39.3 Å². The minimum atomic E-state index is 0.133. The highest BCUT2D eigenvalue weighted by Gasteiger charge is 2.22. The first-order chi connectivity index (χ1) is 11.6. The number of nitrogens with zero attached hydrogens (tertiary/aromatic N) is 5. The second-order valence-corrected chi connectivity index (χ2v) is 6.99. The summed E-state index contributed by atoms with van der Waals surface area (Å²) in [5.41, 5.74) is 0. The lowest BCUT2D eigenvalue weighted by Gasteiger charge is -2.32. The quantitative estimate of drug-likeness (QED) is 0.835. The summed E-state index contributed by atoms with van der Waals surface area (Å²) in [5, 5.41) is 3.42. The molecule has 3 rings (SSSR count). The molecule has 1 unspecified atom stereocenters. The molecule has 2 saturated heterocycles. The highest BCUT2D eigenvalue weighted by Crippen LogP contribution is 2.17. The number of likely N-dealkylation sites (tertiary alicyclic amines) is 1. The van der Waals surface area contributed by atoms with Gasteiger partial charge in [-0.05, 0) is 31.8 Å².